The predicted octanol–water partition coefficient (Wildman–Crippen LogP) is 4.88. The topological polar surface area (TPSA) is 112 Å². The zero-order valence-corrected chi connectivity index (χ0v) is 19.0. The molecule has 2 aromatic rings. The van der Waals surface area contributed by atoms with Crippen molar-refractivity contribution in [3.8, 4) is 0 Å². The van der Waals surface area contributed by atoms with E-state index in [9.17, 15) is 17.6 Å². The summed E-state index contributed by atoms with van der Waals surface area (Å²) >= 11 is 0. The molecule has 182 valence electrons. The van der Waals surface area contributed by atoms with Gasteiger partial charge in [-0.05, 0) is 43.0 Å². The van der Waals surface area contributed by atoms with Gasteiger partial charge in [-0.1, -0.05) is 48.5 Å². The lowest BCUT2D eigenvalue weighted by Crippen LogP contribution is -2.15. The Balaban J connectivity index is 1.70. The molecule has 0 unspecified atom stereocenters. The van der Waals surface area contributed by atoms with E-state index in [1.807, 2.05) is 0 Å². The second-order valence-corrected chi connectivity index (χ2v) is 8.22. The predicted molar refractivity (Wildman–Crippen MR) is 116 cm³/mol. The number of aliphatic imine (C=N–C) groups is 1. The van der Waals surface area contributed by atoms with E-state index in [1.165, 1.54) is 24.3 Å². The Morgan fingerprint density at radius 2 is 1.15 bits per heavy atom. The number of rotatable bonds is 13. The zero-order valence-electron chi connectivity index (χ0n) is 17.2. The number of aryl methyl sites for hydroxylation is 2. The van der Waals surface area contributed by atoms with E-state index < -0.39 is 40.5 Å². The summed E-state index contributed by atoms with van der Waals surface area (Å²) in [6.07, 6.45) is -3.39. The molecule has 0 amide bonds. The van der Waals surface area contributed by atoms with E-state index in [0.717, 1.165) is 35.4 Å². The van der Waals surface area contributed by atoms with Crippen LogP contribution in [0.15, 0.2) is 53.5 Å². The van der Waals surface area contributed by atoms with Gasteiger partial charge in [-0.15, -0.1) is 0 Å². The molecule has 0 bridgehead atoms. The van der Waals surface area contributed by atoms with E-state index >= 15 is 0 Å². The first-order valence-corrected chi connectivity index (χ1v) is 12.0. The van der Waals surface area contributed by atoms with Crippen molar-refractivity contribution in [1.29, 1.82) is 0 Å². The third kappa shape index (κ3) is 9.68. The van der Waals surface area contributed by atoms with Gasteiger partial charge in [0.15, 0.2) is 0 Å². The maximum atomic E-state index is 13.6. The van der Waals surface area contributed by atoms with Gasteiger partial charge in [-0.3, -0.25) is 4.99 Å². The van der Waals surface area contributed by atoms with Crippen LogP contribution in [0.25, 0.3) is 0 Å². The number of hydrogen-bond donors (Lipinski definition) is 4. The average Bonchev–Trinajstić information content (AvgIpc) is 2.72. The van der Waals surface area contributed by atoms with Crippen molar-refractivity contribution in [2.75, 3.05) is 6.54 Å². The number of alkyl halides is 4. The minimum absolute atomic E-state index is 0.476. The van der Waals surface area contributed by atoms with Crippen LogP contribution in [0.5, 0.6) is 0 Å². The Hall–Kier alpha value is -1.55. The van der Waals surface area contributed by atoms with Crippen LogP contribution >= 0.6 is 17.2 Å². The highest BCUT2D eigenvalue weighted by atomic mass is 31.2. The fraction of sp³-hybridized carbons (Fsp3) is 0.350. The van der Waals surface area contributed by atoms with Crippen molar-refractivity contribution >= 4 is 23.4 Å². The van der Waals surface area contributed by atoms with Crippen molar-refractivity contribution in [2.45, 2.75) is 37.9 Å². The molecule has 0 saturated carbocycles. The normalized spacial score (nSPS) is 12.9. The lowest BCUT2D eigenvalue weighted by molar-refractivity contribution is -0.190. The monoisotopic (exact) mass is 511 g/mol. The Morgan fingerprint density at radius 1 is 0.727 bits per heavy atom. The summed E-state index contributed by atoms with van der Waals surface area (Å²) in [4.78, 5) is 38.7. The van der Waals surface area contributed by atoms with Crippen LogP contribution in [-0.4, -0.2) is 32.3 Å². The first kappa shape index (κ1) is 27.7. The molecule has 0 fully saturated rings. The fourth-order valence-corrected chi connectivity index (χ4v) is 3.45. The molecule has 0 spiro atoms. The lowest BCUT2D eigenvalue weighted by atomic mass is 10.1. The minimum atomic E-state index is -3.78. The summed E-state index contributed by atoms with van der Waals surface area (Å²) in [5.74, 6) is 0. The van der Waals surface area contributed by atoms with Gasteiger partial charge in [0.2, 0.25) is 0 Å². The maximum absolute atomic E-state index is 13.6. The van der Waals surface area contributed by atoms with Gasteiger partial charge >= 0.3 is 29.4 Å². The van der Waals surface area contributed by atoms with Crippen molar-refractivity contribution in [3.05, 3.63) is 70.8 Å². The van der Waals surface area contributed by atoms with Crippen LogP contribution in [0.3, 0.4) is 0 Å². The third-order valence-corrected chi connectivity index (χ3v) is 5.20. The summed E-state index contributed by atoms with van der Waals surface area (Å²) < 4.78 is 62.1. The van der Waals surface area contributed by atoms with Crippen molar-refractivity contribution in [2.24, 2.45) is 4.99 Å². The van der Waals surface area contributed by atoms with E-state index in [0.29, 0.717) is 32.2 Å². The van der Waals surface area contributed by atoms with Gasteiger partial charge in [-0.2, -0.15) is 17.6 Å². The van der Waals surface area contributed by atoms with Crippen LogP contribution in [-0.2, 0) is 34.1 Å². The molecule has 4 N–H and O–H groups in total. The van der Waals surface area contributed by atoms with E-state index in [1.54, 1.807) is 6.21 Å². The Morgan fingerprint density at radius 3 is 1.58 bits per heavy atom. The van der Waals surface area contributed by atoms with Crippen molar-refractivity contribution in [1.82, 2.24) is 0 Å². The fourth-order valence-electron chi connectivity index (χ4n) is 2.83. The van der Waals surface area contributed by atoms with Crippen LogP contribution in [0.1, 0.15) is 35.1 Å². The quantitative estimate of drug-likeness (QED) is 0.132. The highest BCUT2D eigenvalue weighted by molar-refractivity contribution is 7.39. The lowest BCUT2D eigenvalue weighted by Gasteiger charge is -2.17. The smallest absolute Gasteiger partial charge is 0.328 e. The van der Waals surface area contributed by atoms with Gasteiger partial charge < -0.3 is 19.6 Å². The summed E-state index contributed by atoms with van der Waals surface area (Å²) in [6, 6.07) is 10.7. The molecule has 0 saturated heterocycles. The summed E-state index contributed by atoms with van der Waals surface area (Å²) in [7, 11) is -6.36. The van der Waals surface area contributed by atoms with E-state index in [4.69, 9.17) is 19.6 Å². The van der Waals surface area contributed by atoms with Gasteiger partial charge in [0.1, 0.15) is 0 Å². The number of hydrogen-bond acceptors (Lipinski definition) is 7. The van der Waals surface area contributed by atoms with Gasteiger partial charge in [0, 0.05) is 6.54 Å². The molecule has 7 nitrogen and oxygen atoms in total. The summed E-state index contributed by atoms with van der Waals surface area (Å²) in [6.45, 7) is 0.522. The molecule has 0 aliphatic rings. The number of nitrogens with zero attached hydrogens (tertiary/aromatic N) is 1. The van der Waals surface area contributed by atoms with Gasteiger partial charge in [-0.25, -0.2) is 9.05 Å². The van der Waals surface area contributed by atoms with E-state index in [-0.39, 0.29) is 0 Å². The average molecular weight is 511 g/mol. The Labute approximate surface area is 190 Å². The molecule has 0 aliphatic carbocycles. The highest BCUT2D eigenvalue weighted by Crippen LogP contribution is 2.42. The first-order valence-electron chi connectivity index (χ1n) is 9.66. The second kappa shape index (κ2) is 12.8. The molecule has 2 rings (SSSR count). The maximum Gasteiger partial charge on any atom is 0.389 e. The molecular formula is C20H23F4NO6P2. The molecule has 0 aromatic heterocycles. The first-order chi connectivity index (χ1) is 15.5. The SMILES string of the molecule is OP(O)OC(F)(F)c1ccc(CC/C=N\CCCc2ccc(C(F)(F)OP(O)O)cc2)cc1. The van der Waals surface area contributed by atoms with Gasteiger partial charge in [0.05, 0.1) is 11.1 Å². The van der Waals surface area contributed by atoms with Crippen LogP contribution in [0.4, 0.5) is 17.6 Å². The molecule has 33 heavy (non-hydrogen) atoms. The number of benzene rings is 2. The second-order valence-electron chi connectivity index (χ2n) is 6.85. The summed E-state index contributed by atoms with van der Waals surface area (Å²) in [5.41, 5.74) is 0.658. The van der Waals surface area contributed by atoms with Crippen LogP contribution in [0.2, 0.25) is 0 Å². The molecule has 13 heteroatoms. The Bertz CT molecular complexity index is 883. The van der Waals surface area contributed by atoms with Crippen LogP contribution in [0, 0.1) is 0 Å². The number of halogens is 4. The van der Waals surface area contributed by atoms with Gasteiger partial charge in [0.25, 0.3) is 0 Å². The van der Waals surface area contributed by atoms with Crippen molar-refractivity contribution < 1.29 is 46.2 Å². The molecule has 0 atom stereocenters. The molecular weight excluding hydrogens is 488 g/mol. The van der Waals surface area contributed by atoms with Crippen LogP contribution < -0.4 is 0 Å². The third-order valence-electron chi connectivity index (χ3n) is 4.42. The molecule has 0 radical (unpaired) electrons. The molecule has 0 heterocycles. The van der Waals surface area contributed by atoms with E-state index in [2.05, 4.69) is 14.0 Å². The standard InChI is InChI=1S/C20H23F4NO6P2/c21-19(22,30-32(26)27)17-9-5-15(6-10-17)3-1-13-25-14-2-4-16-7-11-18(12-8-16)20(23,24)31-33(28)29/h5-13,26-29H,1-4,14H2/b25-13-. The minimum Gasteiger partial charge on any atom is -0.328 e. The largest absolute Gasteiger partial charge is 0.389 e. The Kier molecular flexibility index (Phi) is 10.7. The zero-order chi connectivity index (χ0) is 24.5. The van der Waals surface area contributed by atoms with Crippen molar-refractivity contribution in [3.63, 3.8) is 0 Å². The molecule has 0 aliphatic heterocycles. The summed E-state index contributed by atoms with van der Waals surface area (Å²) in [5, 5.41) is 0. The highest BCUT2D eigenvalue weighted by Gasteiger charge is 2.36. The molecule has 2 aromatic carbocycles.